The summed E-state index contributed by atoms with van der Waals surface area (Å²) in [5, 5.41) is 16.3. The van der Waals surface area contributed by atoms with Crippen LogP contribution in [0.2, 0.25) is 0 Å². The lowest BCUT2D eigenvalue weighted by Gasteiger charge is -2.09. The summed E-state index contributed by atoms with van der Waals surface area (Å²) < 4.78 is 8.90. The maximum atomic E-state index is 12.5. The van der Waals surface area contributed by atoms with Crippen LogP contribution >= 0.6 is 11.8 Å². The molecule has 1 aromatic carbocycles. The average Bonchev–Trinajstić information content (AvgIpc) is 3.42. The molecule has 0 aliphatic rings. The van der Waals surface area contributed by atoms with Gasteiger partial charge in [-0.3, -0.25) is 4.79 Å². The molecule has 0 aliphatic heterocycles. The fourth-order valence-electron chi connectivity index (χ4n) is 2.84. The number of amides is 1. The molecule has 0 unspecified atom stereocenters. The van der Waals surface area contributed by atoms with E-state index in [4.69, 9.17) is 4.42 Å². The van der Waals surface area contributed by atoms with Crippen molar-refractivity contribution in [2.45, 2.75) is 19.0 Å². The largest absolute Gasteiger partial charge is 0.461 e. The molecule has 9 heteroatoms. The topological polar surface area (TPSA) is 90.8 Å². The first kappa shape index (κ1) is 19.0. The number of benzene rings is 1. The SMILES string of the molecule is Cc1ccc(-n2nc(C)cc2NC(=O)CSc2nnc(-c3ccco3)n2C)cc1. The molecule has 8 nitrogen and oxygen atoms in total. The number of carbonyl (C=O) groups is 1. The van der Waals surface area contributed by atoms with E-state index in [2.05, 4.69) is 20.6 Å². The molecule has 0 radical (unpaired) electrons. The van der Waals surface area contributed by atoms with E-state index in [-0.39, 0.29) is 11.7 Å². The van der Waals surface area contributed by atoms with Gasteiger partial charge in [0.15, 0.2) is 16.7 Å². The van der Waals surface area contributed by atoms with E-state index in [1.807, 2.05) is 57.3 Å². The first-order chi connectivity index (χ1) is 14.0. The highest BCUT2D eigenvalue weighted by Gasteiger charge is 2.16. The van der Waals surface area contributed by atoms with Crippen LogP contribution in [0.15, 0.2) is 58.3 Å². The Hall–Kier alpha value is -3.33. The summed E-state index contributed by atoms with van der Waals surface area (Å²) in [4.78, 5) is 12.5. The van der Waals surface area contributed by atoms with Crippen molar-refractivity contribution in [2.24, 2.45) is 7.05 Å². The van der Waals surface area contributed by atoms with Crippen molar-refractivity contribution in [1.82, 2.24) is 24.5 Å². The second-order valence-corrected chi connectivity index (χ2v) is 7.54. The van der Waals surface area contributed by atoms with Gasteiger partial charge in [0.1, 0.15) is 5.82 Å². The number of nitrogens with zero attached hydrogens (tertiary/aromatic N) is 5. The van der Waals surface area contributed by atoms with Crippen molar-refractivity contribution in [3.8, 4) is 17.3 Å². The number of nitrogens with one attached hydrogen (secondary N) is 1. The van der Waals surface area contributed by atoms with Crippen molar-refractivity contribution in [3.05, 3.63) is 60.0 Å². The van der Waals surface area contributed by atoms with Gasteiger partial charge in [0.2, 0.25) is 5.91 Å². The highest BCUT2D eigenvalue weighted by atomic mass is 32.2. The van der Waals surface area contributed by atoms with Crippen molar-refractivity contribution in [1.29, 1.82) is 0 Å². The number of aryl methyl sites for hydroxylation is 2. The lowest BCUT2D eigenvalue weighted by atomic mass is 10.2. The van der Waals surface area contributed by atoms with Gasteiger partial charge in [0.25, 0.3) is 0 Å². The van der Waals surface area contributed by atoms with Gasteiger partial charge in [-0.05, 0) is 38.1 Å². The van der Waals surface area contributed by atoms with E-state index >= 15 is 0 Å². The van der Waals surface area contributed by atoms with Crippen LogP contribution in [0.25, 0.3) is 17.3 Å². The third-order valence-electron chi connectivity index (χ3n) is 4.29. The molecule has 3 heterocycles. The minimum absolute atomic E-state index is 0.147. The fraction of sp³-hybridized carbons (Fsp3) is 0.200. The molecular formula is C20H20N6O2S. The number of aromatic nitrogens is 5. The Balaban J connectivity index is 1.44. The van der Waals surface area contributed by atoms with Crippen LogP contribution in [0.5, 0.6) is 0 Å². The molecule has 0 saturated carbocycles. The van der Waals surface area contributed by atoms with Gasteiger partial charge in [0.05, 0.1) is 23.4 Å². The van der Waals surface area contributed by atoms with E-state index < -0.39 is 0 Å². The van der Waals surface area contributed by atoms with Crippen molar-refractivity contribution in [3.63, 3.8) is 0 Å². The zero-order chi connectivity index (χ0) is 20.4. The van der Waals surface area contributed by atoms with Gasteiger partial charge in [-0.1, -0.05) is 29.5 Å². The summed E-state index contributed by atoms with van der Waals surface area (Å²) in [5.41, 5.74) is 2.88. The van der Waals surface area contributed by atoms with Crippen LogP contribution in [-0.2, 0) is 11.8 Å². The highest BCUT2D eigenvalue weighted by Crippen LogP contribution is 2.23. The second-order valence-electron chi connectivity index (χ2n) is 6.60. The third-order valence-corrected chi connectivity index (χ3v) is 5.31. The minimum atomic E-state index is -0.147. The van der Waals surface area contributed by atoms with Crippen molar-refractivity contribution in [2.75, 3.05) is 11.1 Å². The van der Waals surface area contributed by atoms with E-state index in [1.54, 1.807) is 21.6 Å². The molecule has 0 bridgehead atoms. The highest BCUT2D eigenvalue weighted by molar-refractivity contribution is 7.99. The summed E-state index contributed by atoms with van der Waals surface area (Å²) in [5.74, 6) is 1.93. The molecule has 148 valence electrons. The average molecular weight is 408 g/mol. The van der Waals surface area contributed by atoms with Crippen LogP contribution in [0.3, 0.4) is 0 Å². The molecule has 0 aliphatic carbocycles. The van der Waals surface area contributed by atoms with E-state index in [1.165, 1.54) is 11.8 Å². The zero-order valence-electron chi connectivity index (χ0n) is 16.3. The summed E-state index contributed by atoms with van der Waals surface area (Å²) in [7, 11) is 1.84. The fourth-order valence-corrected chi connectivity index (χ4v) is 3.55. The number of furan rings is 1. The molecule has 29 heavy (non-hydrogen) atoms. The van der Waals surface area contributed by atoms with Crippen LogP contribution in [0, 0.1) is 13.8 Å². The van der Waals surface area contributed by atoms with Gasteiger partial charge in [-0.2, -0.15) is 5.10 Å². The van der Waals surface area contributed by atoms with Gasteiger partial charge in [-0.25, -0.2) is 4.68 Å². The molecule has 0 spiro atoms. The number of thioether (sulfide) groups is 1. The van der Waals surface area contributed by atoms with Gasteiger partial charge in [0, 0.05) is 13.1 Å². The van der Waals surface area contributed by atoms with E-state index in [0.717, 1.165) is 16.9 Å². The molecule has 1 N–H and O–H groups in total. The smallest absolute Gasteiger partial charge is 0.236 e. The number of carbonyl (C=O) groups excluding carboxylic acids is 1. The van der Waals surface area contributed by atoms with E-state index in [0.29, 0.717) is 22.6 Å². The predicted molar refractivity (Wildman–Crippen MR) is 111 cm³/mol. The summed E-state index contributed by atoms with van der Waals surface area (Å²) in [6.07, 6.45) is 1.59. The quantitative estimate of drug-likeness (QED) is 0.490. The maximum absolute atomic E-state index is 12.5. The Kier molecular flexibility index (Phi) is 5.22. The van der Waals surface area contributed by atoms with Crippen LogP contribution in [-0.4, -0.2) is 36.2 Å². The Morgan fingerprint density at radius 3 is 2.69 bits per heavy atom. The summed E-state index contributed by atoms with van der Waals surface area (Å²) >= 11 is 1.31. The molecule has 3 aromatic heterocycles. The van der Waals surface area contributed by atoms with E-state index in [9.17, 15) is 4.79 Å². The first-order valence-electron chi connectivity index (χ1n) is 9.01. The molecule has 0 saturated heterocycles. The lowest BCUT2D eigenvalue weighted by Crippen LogP contribution is -2.17. The third kappa shape index (κ3) is 4.09. The van der Waals surface area contributed by atoms with Crippen LogP contribution in [0.1, 0.15) is 11.3 Å². The molecule has 0 fully saturated rings. The van der Waals surface area contributed by atoms with Gasteiger partial charge < -0.3 is 14.3 Å². The molecule has 0 atom stereocenters. The summed E-state index contributed by atoms with van der Waals surface area (Å²) in [6, 6.07) is 13.4. The number of hydrogen-bond acceptors (Lipinski definition) is 6. The molecular weight excluding hydrogens is 388 g/mol. The zero-order valence-corrected chi connectivity index (χ0v) is 17.1. The minimum Gasteiger partial charge on any atom is -0.461 e. The lowest BCUT2D eigenvalue weighted by molar-refractivity contribution is -0.113. The second kappa shape index (κ2) is 7.96. The normalized spacial score (nSPS) is 11.0. The maximum Gasteiger partial charge on any atom is 0.236 e. The van der Waals surface area contributed by atoms with Gasteiger partial charge >= 0.3 is 0 Å². The Morgan fingerprint density at radius 1 is 1.17 bits per heavy atom. The standard InChI is InChI=1S/C20H20N6O2S/c1-13-6-8-15(9-7-13)26-17(11-14(2)24-26)21-18(27)12-29-20-23-22-19(25(20)3)16-5-4-10-28-16/h4-11H,12H2,1-3H3,(H,21,27). The number of anilines is 1. The molecule has 4 rings (SSSR count). The predicted octanol–water partition coefficient (Wildman–Crippen LogP) is 3.61. The Morgan fingerprint density at radius 2 is 1.97 bits per heavy atom. The first-order valence-corrected chi connectivity index (χ1v) is 9.99. The molecule has 4 aromatic rings. The Labute approximate surface area is 171 Å². The Bertz CT molecular complexity index is 1130. The van der Waals surface area contributed by atoms with Crippen LogP contribution in [0.4, 0.5) is 5.82 Å². The molecule has 1 amide bonds. The summed E-state index contributed by atoms with van der Waals surface area (Å²) in [6.45, 7) is 3.92. The monoisotopic (exact) mass is 408 g/mol. The van der Waals surface area contributed by atoms with Crippen LogP contribution < -0.4 is 5.32 Å². The van der Waals surface area contributed by atoms with Gasteiger partial charge in [-0.15, -0.1) is 10.2 Å². The van der Waals surface area contributed by atoms with Crippen molar-refractivity contribution < 1.29 is 9.21 Å². The number of rotatable bonds is 6. The number of hydrogen-bond donors (Lipinski definition) is 1. The van der Waals surface area contributed by atoms with Crippen molar-refractivity contribution >= 4 is 23.5 Å².